The minimum Gasteiger partial charge on any atom is -0.342 e. The number of piperidine rings is 1. The molecule has 8 atom stereocenters. The van der Waals surface area contributed by atoms with Gasteiger partial charge in [-0.25, -0.2) is 0 Å². The van der Waals surface area contributed by atoms with Crippen LogP contribution in [0.5, 0.6) is 0 Å². The third-order valence-electron chi connectivity index (χ3n) is 11.1. The van der Waals surface area contributed by atoms with E-state index in [1.165, 1.54) is 38.5 Å². The number of carbonyl (C=O) groups excluding carboxylic acids is 2. The lowest BCUT2D eigenvalue weighted by molar-refractivity contribution is -0.158. The summed E-state index contributed by atoms with van der Waals surface area (Å²) >= 11 is 0. The second-order valence-corrected chi connectivity index (χ2v) is 12.5. The van der Waals surface area contributed by atoms with Crippen molar-refractivity contribution in [3.63, 3.8) is 0 Å². The number of anilines is 1. The van der Waals surface area contributed by atoms with Crippen LogP contribution in [-0.4, -0.2) is 34.8 Å². The Kier molecular flexibility index (Phi) is 6.27. The quantitative estimate of drug-likeness (QED) is 0.587. The van der Waals surface area contributed by atoms with E-state index < -0.39 is 0 Å². The summed E-state index contributed by atoms with van der Waals surface area (Å²) in [5.41, 5.74) is 1.48. The fraction of sp³-hybridized carbons (Fsp3) is 0.759. The maximum atomic E-state index is 12.5. The second kappa shape index (κ2) is 8.95. The van der Waals surface area contributed by atoms with Gasteiger partial charge in [0.25, 0.3) is 0 Å². The molecule has 0 bridgehead atoms. The fourth-order valence-electron chi connectivity index (χ4n) is 9.35. The lowest BCUT2D eigenvalue weighted by atomic mass is 9.46. The summed E-state index contributed by atoms with van der Waals surface area (Å²) in [6, 6.07) is 4.18. The lowest BCUT2D eigenvalue weighted by Gasteiger charge is -2.62. The fourth-order valence-corrected chi connectivity index (χ4v) is 9.35. The van der Waals surface area contributed by atoms with Crippen molar-refractivity contribution in [1.29, 1.82) is 0 Å². The number of likely N-dealkylation sites (tertiary alicyclic amines) is 1. The van der Waals surface area contributed by atoms with E-state index >= 15 is 0 Å². The molecule has 1 aromatic rings. The first-order valence-electron chi connectivity index (χ1n) is 13.7. The minimum atomic E-state index is 0.102. The Labute approximate surface area is 205 Å². The zero-order chi connectivity index (χ0) is 24.1. The molecular formula is C29H43N3O2. The smallest absolute Gasteiger partial charge is 0.224 e. The maximum Gasteiger partial charge on any atom is 0.224 e. The molecule has 4 aliphatic rings. The number of nitrogens with zero attached hydrogens (tertiary/aromatic N) is 2. The normalized spacial score (nSPS) is 40.2. The molecule has 1 aliphatic heterocycles. The van der Waals surface area contributed by atoms with Gasteiger partial charge < -0.3 is 10.2 Å². The van der Waals surface area contributed by atoms with E-state index in [0.717, 1.165) is 42.7 Å². The summed E-state index contributed by atoms with van der Waals surface area (Å²) in [4.78, 5) is 31.1. The molecule has 5 nitrogen and oxygen atoms in total. The van der Waals surface area contributed by atoms with Gasteiger partial charge >= 0.3 is 0 Å². The van der Waals surface area contributed by atoms with E-state index in [-0.39, 0.29) is 5.91 Å². The average molecular weight is 466 g/mol. The van der Waals surface area contributed by atoms with Gasteiger partial charge in [0.15, 0.2) is 0 Å². The highest BCUT2D eigenvalue weighted by atomic mass is 16.2. The molecule has 0 unspecified atom stereocenters. The Morgan fingerprint density at radius 2 is 1.94 bits per heavy atom. The number of aromatic nitrogens is 1. The van der Waals surface area contributed by atoms with Gasteiger partial charge in [-0.1, -0.05) is 20.8 Å². The van der Waals surface area contributed by atoms with E-state index in [4.69, 9.17) is 0 Å². The standard InChI is InChI=1S/C29H43N3O2/c1-19(7-12-26(33)31-20-6-5-17-30-18-20)22-9-10-23-21-8-11-25-29(3,16-14-27(34)32(25)4)24(21)13-15-28(22,23)2/h5-6,17-19,21-25H,7-16H2,1-4H3,(H,31,33)/t19-,21+,22-,23+,24+,25-,28-,29-/m1/s1. The molecule has 5 heteroatoms. The van der Waals surface area contributed by atoms with Gasteiger partial charge in [0.2, 0.25) is 11.8 Å². The van der Waals surface area contributed by atoms with Crippen LogP contribution in [0.25, 0.3) is 0 Å². The summed E-state index contributed by atoms with van der Waals surface area (Å²) < 4.78 is 0. The molecule has 2 heterocycles. The van der Waals surface area contributed by atoms with Crippen molar-refractivity contribution in [2.75, 3.05) is 12.4 Å². The molecule has 4 fully saturated rings. The molecule has 0 spiro atoms. The molecule has 3 saturated carbocycles. The molecule has 2 amide bonds. The number of nitrogens with one attached hydrogen (secondary N) is 1. The molecule has 3 aliphatic carbocycles. The highest BCUT2D eigenvalue weighted by molar-refractivity contribution is 5.90. The predicted molar refractivity (Wildman–Crippen MR) is 135 cm³/mol. The van der Waals surface area contributed by atoms with E-state index in [2.05, 4.69) is 43.0 Å². The van der Waals surface area contributed by atoms with Gasteiger partial charge in [0.1, 0.15) is 0 Å². The van der Waals surface area contributed by atoms with Crippen LogP contribution >= 0.6 is 0 Å². The van der Waals surface area contributed by atoms with Gasteiger partial charge in [0.05, 0.1) is 11.9 Å². The van der Waals surface area contributed by atoms with Crippen LogP contribution in [0.2, 0.25) is 0 Å². The van der Waals surface area contributed by atoms with Gasteiger partial charge in [0, 0.05) is 32.1 Å². The molecule has 1 aromatic heterocycles. The topological polar surface area (TPSA) is 62.3 Å². The average Bonchev–Trinajstić information content (AvgIpc) is 3.18. The summed E-state index contributed by atoms with van der Waals surface area (Å²) in [5, 5.41) is 3.00. The highest BCUT2D eigenvalue weighted by Gasteiger charge is 2.61. The monoisotopic (exact) mass is 465 g/mol. The number of amides is 2. The zero-order valence-electron chi connectivity index (χ0n) is 21.6. The summed E-state index contributed by atoms with van der Waals surface area (Å²) in [6.07, 6.45) is 14.6. The lowest BCUT2D eigenvalue weighted by Crippen LogP contribution is -2.61. The van der Waals surface area contributed by atoms with Gasteiger partial charge in [-0.05, 0) is 104 Å². The first kappa shape index (κ1) is 23.8. The van der Waals surface area contributed by atoms with Crippen molar-refractivity contribution in [2.24, 2.45) is 40.4 Å². The van der Waals surface area contributed by atoms with Crippen molar-refractivity contribution in [2.45, 2.75) is 91.0 Å². The largest absolute Gasteiger partial charge is 0.342 e. The molecular weight excluding hydrogens is 422 g/mol. The molecule has 1 saturated heterocycles. The number of fused-ring (bicyclic) bond motifs is 5. The zero-order valence-corrected chi connectivity index (χ0v) is 21.6. The first-order chi connectivity index (χ1) is 16.2. The number of hydrogen-bond acceptors (Lipinski definition) is 3. The van der Waals surface area contributed by atoms with Crippen LogP contribution in [0.4, 0.5) is 5.69 Å². The molecule has 34 heavy (non-hydrogen) atoms. The van der Waals surface area contributed by atoms with Gasteiger partial charge in [-0.2, -0.15) is 0 Å². The van der Waals surface area contributed by atoms with Crippen LogP contribution in [0.15, 0.2) is 24.5 Å². The predicted octanol–water partition coefficient (Wildman–Crippen LogP) is 5.92. The van der Waals surface area contributed by atoms with E-state index in [1.807, 2.05) is 12.1 Å². The van der Waals surface area contributed by atoms with Crippen LogP contribution in [0, 0.1) is 40.4 Å². The van der Waals surface area contributed by atoms with E-state index in [9.17, 15) is 9.59 Å². The van der Waals surface area contributed by atoms with Crippen LogP contribution in [-0.2, 0) is 9.59 Å². The third kappa shape index (κ3) is 3.87. The number of carbonyl (C=O) groups is 2. The maximum absolute atomic E-state index is 12.5. The van der Waals surface area contributed by atoms with Gasteiger partial charge in [-0.15, -0.1) is 0 Å². The molecule has 186 valence electrons. The first-order valence-corrected chi connectivity index (χ1v) is 13.7. The number of rotatable bonds is 5. The summed E-state index contributed by atoms with van der Waals surface area (Å²) in [5.74, 6) is 4.12. The summed E-state index contributed by atoms with van der Waals surface area (Å²) in [6.45, 7) is 7.49. The molecule has 1 N–H and O–H groups in total. The van der Waals surface area contributed by atoms with Crippen molar-refractivity contribution >= 4 is 17.5 Å². The molecule has 0 radical (unpaired) electrons. The Morgan fingerprint density at radius 1 is 1.15 bits per heavy atom. The van der Waals surface area contributed by atoms with Crippen LogP contribution in [0.3, 0.4) is 0 Å². The molecule has 5 rings (SSSR count). The number of hydrogen-bond donors (Lipinski definition) is 1. The van der Waals surface area contributed by atoms with Crippen LogP contribution < -0.4 is 5.32 Å². The van der Waals surface area contributed by atoms with E-state index in [1.54, 1.807) is 12.4 Å². The third-order valence-corrected chi connectivity index (χ3v) is 11.1. The van der Waals surface area contributed by atoms with Gasteiger partial charge in [-0.3, -0.25) is 14.6 Å². The van der Waals surface area contributed by atoms with Crippen LogP contribution in [0.1, 0.15) is 85.0 Å². The van der Waals surface area contributed by atoms with Crippen molar-refractivity contribution < 1.29 is 9.59 Å². The minimum absolute atomic E-state index is 0.102. The Hall–Kier alpha value is -1.91. The SMILES string of the molecule is C[C@H](CCC(=O)Nc1cccnc1)[C@H]1CC[C@H]2[C@@H]3CC[C@H]4N(C)C(=O)CC[C@]4(C)[C@H]3CC[C@]12C. The van der Waals surface area contributed by atoms with Crippen molar-refractivity contribution in [3.05, 3.63) is 24.5 Å². The molecule has 0 aromatic carbocycles. The van der Waals surface area contributed by atoms with E-state index in [0.29, 0.717) is 41.0 Å². The Bertz CT molecular complexity index is 919. The Morgan fingerprint density at radius 3 is 2.71 bits per heavy atom. The second-order valence-electron chi connectivity index (χ2n) is 12.5. The highest BCUT2D eigenvalue weighted by Crippen LogP contribution is 2.67. The summed E-state index contributed by atoms with van der Waals surface area (Å²) in [7, 11) is 2.05. The number of pyridine rings is 1. The Balaban J connectivity index is 1.23. The van der Waals surface area contributed by atoms with Crippen molar-refractivity contribution in [3.8, 4) is 0 Å². The van der Waals surface area contributed by atoms with Crippen molar-refractivity contribution in [1.82, 2.24) is 9.88 Å².